The van der Waals surface area contributed by atoms with Crippen LogP contribution in [-0.2, 0) is 9.53 Å². The molecular weight excluding hydrogens is 252 g/mol. The average Bonchev–Trinajstić information content (AvgIpc) is 2.87. The van der Waals surface area contributed by atoms with Crippen LogP contribution in [0.1, 0.15) is 60.8 Å². The van der Waals surface area contributed by atoms with E-state index < -0.39 is 0 Å². The fourth-order valence-electron chi connectivity index (χ4n) is 2.79. The number of hydrogen-bond donors (Lipinski definition) is 0. The largest absolute Gasteiger partial charge is 0.441 e. The van der Waals surface area contributed by atoms with E-state index in [9.17, 15) is 4.79 Å². The zero-order valence-corrected chi connectivity index (χ0v) is 14.0. The average molecular weight is 283 g/mol. The van der Waals surface area contributed by atoms with Gasteiger partial charge in [-0.1, -0.05) is 13.8 Å². The first kappa shape index (κ1) is 17.0. The Kier molecular flexibility index (Phi) is 6.03. The van der Waals surface area contributed by atoms with Gasteiger partial charge in [0.1, 0.15) is 0 Å². The monoisotopic (exact) mass is 283 g/mol. The summed E-state index contributed by atoms with van der Waals surface area (Å²) in [5.41, 5.74) is 0.0308. The van der Waals surface area contributed by atoms with Crippen molar-refractivity contribution in [3.8, 4) is 0 Å². The molecule has 0 radical (unpaired) electrons. The lowest BCUT2D eigenvalue weighted by Gasteiger charge is -2.30. The van der Waals surface area contributed by atoms with E-state index in [1.165, 1.54) is 0 Å². The van der Waals surface area contributed by atoms with Crippen LogP contribution in [0.3, 0.4) is 0 Å². The molecule has 1 aliphatic heterocycles. The van der Waals surface area contributed by atoms with Crippen LogP contribution in [0.2, 0.25) is 0 Å². The molecule has 1 rings (SSSR count). The van der Waals surface area contributed by atoms with Gasteiger partial charge in [-0.25, -0.2) is 0 Å². The Balaban J connectivity index is 2.73. The quantitative estimate of drug-likeness (QED) is 0.673. The van der Waals surface area contributed by atoms with E-state index in [2.05, 4.69) is 39.2 Å². The van der Waals surface area contributed by atoms with Crippen molar-refractivity contribution < 1.29 is 14.1 Å². The van der Waals surface area contributed by atoms with Gasteiger partial charge >= 0.3 is 5.90 Å². The molecule has 1 amide bonds. The highest BCUT2D eigenvalue weighted by Crippen LogP contribution is 2.20. The maximum Gasteiger partial charge on any atom is 0.336 e. The van der Waals surface area contributed by atoms with Crippen LogP contribution in [0, 0.1) is 0 Å². The number of carbonyl (C=O) groups is 1. The Bertz CT molecular complexity index is 373. The third kappa shape index (κ3) is 3.97. The Morgan fingerprint density at radius 1 is 1.40 bits per heavy atom. The second-order valence-electron chi connectivity index (χ2n) is 6.34. The molecule has 0 N–H and O–H groups in total. The summed E-state index contributed by atoms with van der Waals surface area (Å²) in [4.78, 5) is 14.0. The Morgan fingerprint density at radius 2 is 2.05 bits per heavy atom. The maximum absolute atomic E-state index is 12.0. The summed E-state index contributed by atoms with van der Waals surface area (Å²) in [7, 11) is 0. The second kappa shape index (κ2) is 7.09. The first-order chi connectivity index (χ1) is 9.33. The molecule has 4 nitrogen and oxygen atoms in total. The molecule has 1 heterocycles. The molecular formula is C16H31N2O2+. The molecule has 20 heavy (non-hydrogen) atoms. The highest BCUT2D eigenvalue weighted by atomic mass is 16.5. The number of carbonyl (C=O) groups excluding carboxylic acids is 1. The van der Waals surface area contributed by atoms with Crippen LogP contribution < -0.4 is 0 Å². The van der Waals surface area contributed by atoms with E-state index in [0.29, 0.717) is 6.42 Å². The predicted molar refractivity (Wildman–Crippen MR) is 82.2 cm³/mol. The standard InChI is InChI=1S/C16H31N2O2/c1-7-14(19)17(13(3)4)10-9-16(5,6)18-11-12-20-15(18)8-2/h13H,7-12H2,1-6H3/q+1. The molecule has 0 bridgehead atoms. The van der Waals surface area contributed by atoms with Gasteiger partial charge in [0.15, 0.2) is 18.7 Å². The number of amides is 1. The van der Waals surface area contributed by atoms with E-state index >= 15 is 0 Å². The third-order valence-electron chi connectivity index (χ3n) is 4.13. The highest BCUT2D eigenvalue weighted by molar-refractivity contribution is 5.76. The minimum absolute atomic E-state index is 0.0308. The summed E-state index contributed by atoms with van der Waals surface area (Å²) < 4.78 is 8.05. The minimum Gasteiger partial charge on any atom is -0.441 e. The van der Waals surface area contributed by atoms with Gasteiger partial charge in [0.2, 0.25) is 5.91 Å². The fraction of sp³-hybridized carbons (Fsp3) is 0.875. The Labute approximate surface area is 123 Å². The molecule has 1 aliphatic rings. The lowest BCUT2D eigenvalue weighted by Crippen LogP contribution is -2.44. The van der Waals surface area contributed by atoms with Crippen molar-refractivity contribution in [3.05, 3.63) is 0 Å². The summed E-state index contributed by atoms with van der Waals surface area (Å²) in [6.45, 7) is 15.3. The number of rotatable bonds is 7. The Morgan fingerprint density at radius 3 is 2.55 bits per heavy atom. The van der Waals surface area contributed by atoms with E-state index in [1.807, 2.05) is 11.8 Å². The van der Waals surface area contributed by atoms with Gasteiger partial charge < -0.3 is 9.64 Å². The molecule has 0 saturated heterocycles. The zero-order chi connectivity index (χ0) is 15.3. The van der Waals surface area contributed by atoms with Crippen molar-refractivity contribution in [2.75, 3.05) is 19.7 Å². The lowest BCUT2D eigenvalue weighted by molar-refractivity contribution is -0.595. The van der Waals surface area contributed by atoms with Gasteiger partial charge in [0.25, 0.3) is 0 Å². The molecule has 4 heteroatoms. The molecule has 0 spiro atoms. The Hall–Kier alpha value is -1.06. The maximum atomic E-state index is 12.0. The smallest absolute Gasteiger partial charge is 0.336 e. The van der Waals surface area contributed by atoms with Gasteiger partial charge in [-0.2, -0.15) is 4.58 Å². The number of ether oxygens (including phenoxy) is 1. The van der Waals surface area contributed by atoms with Crippen LogP contribution in [0.25, 0.3) is 0 Å². The SMILES string of the molecule is CCC(=O)N(CCC(C)(C)[N+]1=C(CC)OCC1)C(C)C. The van der Waals surface area contributed by atoms with E-state index in [-0.39, 0.29) is 17.5 Å². The van der Waals surface area contributed by atoms with Crippen molar-refractivity contribution in [1.29, 1.82) is 0 Å². The molecule has 0 atom stereocenters. The summed E-state index contributed by atoms with van der Waals surface area (Å²) in [5.74, 6) is 1.33. The molecule has 0 saturated carbocycles. The van der Waals surface area contributed by atoms with Gasteiger partial charge in [0.05, 0.1) is 6.42 Å². The lowest BCUT2D eigenvalue weighted by atomic mass is 9.98. The van der Waals surface area contributed by atoms with Crippen LogP contribution in [0.15, 0.2) is 0 Å². The van der Waals surface area contributed by atoms with Crippen molar-refractivity contribution in [2.24, 2.45) is 0 Å². The van der Waals surface area contributed by atoms with E-state index in [0.717, 1.165) is 38.4 Å². The van der Waals surface area contributed by atoms with Crippen molar-refractivity contribution in [2.45, 2.75) is 72.4 Å². The van der Waals surface area contributed by atoms with Gasteiger partial charge in [-0.05, 0) is 13.8 Å². The molecule has 0 aromatic rings. The zero-order valence-electron chi connectivity index (χ0n) is 14.0. The molecule has 0 aromatic carbocycles. The number of nitrogens with zero attached hydrogens (tertiary/aromatic N) is 2. The topological polar surface area (TPSA) is 32.5 Å². The van der Waals surface area contributed by atoms with Crippen LogP contribution in [0.4, 0.5) is 0 Å². The summed E-state index contributed by atoms with van der Waals surface area (Å²) in [5, 5.41) is 0. The molecule has 116 valence electrons. The first-order valence-electron chi connectivity index (χ1n) is 7.89. The normalized spacial score (nSPS) is 15.8. The highest BCUT2D eigenvalue weighted by Gasteiger charge is 2.37. The third-order valence-corrected chi connectivity index (χ3v) is 4.13. The van der Waals surface area contributed by atoms with Crippen molar-refractivity contribution >= 4 is 11.8 Å². The fourth-order valence-corrected chi connectivity index (χ4v) is 2.79. The minimum atomic E-state index is 0.0308. The molecule has 0 aromatic heterocycles. The van der Waals surface area contributed by atoms with Crippen LogP contribution in [-0.4, -0.2) is 52.6 Å². The summed E-state index contributed by atoms with van der Waals surface area (Å²) >= 11 is 0. The van der Waals surface area contributed by atoms with Gasteiger partial charge in [0, 0.05) is 39.3 Å². The van der Waals surface area contributed by atoms with Crippen molar-refractivity contribution in [1.82, 2.24) is 4.90 Å². The predicted octanol–water partition coefficient (Wildman–Crippen LogP) is 2.65. The van der Waals surface area contributed by atoms with Crippen LogP contribution in [0.5, 0.6) is 0 Å². The molecule has 0 aliphatic carbocycles. The second-order valence-corrected chi connectivity index (χ2v) is 6.34. The van der Waals surface area contributed by atoms with E-state index in [1.54, 1.807) is 0 Å². The first-order valence-corrected chi connectivity index (χ1v) is 7.89. The van der Waals surface area contributed by atoms with Gasteiger partial charge in [-0.15, -0.1) is 0 Å². The molecule has 0 fully saturated rings. The number of hydrogen-bond acceptors (Lipinski definition) is 2. The summed E-state index contributed by atoms with van der Waals surface area (Å²) in [6, 6.07) is 0.266. The van der Waals surface area contributed by atoms with E-state index in [4.69, 9.17) is 4.74 Å². The van der Waals surface area contributed by atoms with Gasteiger partial charge in [-0.3, -0.25) is 4.79 Å². The van der Waals surface area contributed by atoms with Crippen LogP contribution >= 0.6 is 0 Å². The van der Waals surface area contributed by atoms with Crippen molar-refractivity contribution in [3.63, 3.8) is 0 Å². The molecule has 0 unspecified atom stereocenters. The summed E-state index contributed by atoms with van der Waals surface area (Å²) in [6.07, 6.45) is 2.48.